The van der Waals surface area contributed by atoms with Gasteiger partial charge in [0.05, 0.1) is 18.7 Å². The number of anilines is 1. The molecule has 0 fully saturated rings. The summed E-state index contributed by atoms with van der Waals surface area (Å²) in [7, 11) is 3.18. The van der Waals surface area contributed by atoms with E-state index in [1.165, 1.54) is 0 Å². The summed E-state index contributed by atoms with van der Waals surface area (Å²) in [5.74, 6) is 0.374. The van der Waals surface area contributed by atoms with E-state index in [2.05, 4.69) is 5.32 Å². The van der Waals surface area contributed by atoms with Crippen molar-refractivity contribution in [2.75, 3.05) is 19.5 Å². The van der Waals surface area contributed by atoms with E-state index in [0.29, 0.717) is 28.6 Å². The fourth-order valence-corrected chi connectivity index (χ4v) is 2.12. The minimum absolute atomic E-state index is 0.194. The maximum atomic E-state index is 12.1. The molecule has 0 aliphatic rings. The highest BCUT2D eigenvalue weighted by Gasteiger charge is 2.08. The minimum atomic E-state index is -0.194. The molecule has 0 aliphatic carbocycles. The Bertz CT molecular complexity index is 626. The van der Waals surface area contributed by atoms with Crippen LogP contribution in [0.1, 0.15) is 15.9 Å². The number of methoxy groups -OCH3 is 2. The Morgan fingerprint density at radius 2 is 1.86 bits per heavy atom. The van der Waals surface area contributed by atoms with E-state index in [0.717, 1.165) is 5.56 Å². The first-order valence-electron chi connectivity index (χ1n) is 6.37. The predicted octanol–water partition coefficient (Wildman–Crippen LogP) is 3.75. The normalized spacial score (nSPS) is 10.2. The lowest BCUT2D eigenvalue weighted by molar-refractivity contribution is 0.102. The summed E-state index contributed by atoms with van der Waals surface area (Å²) in [5.41, 5.74) is 2.20. The van der Waals surface area contributed by atoms with Gasteiger partial charge in [0.1, 0.15) is 5.75 Å². The molecule has 0 atom stereocenters. The average molecular weight is 306 g/mol. The number of halogens is 1. The zero-order valence-corrected chi connectivity index (χ0v) is 12.6. The van der Waals surface area contributed by atoms with E-state index in [4.69, 9.17) is 21.1 Å². The quantitative estimate of drug-likeness (QED) is 0.915. The molecule has 0 saturated carbocycles. The van der Waals surface area contributed by atoms with Gasteiger partial charge in [-0.15, -0.1) is 0 Å². The highest BCUT2D eigenvalue weighted by molar-refractivity contribution is 6.32. The second-order valence-corrected chi connectivity index (χ2v) is 4.84. The first kappa shape index (κ1) is 15.4. The third kappa shape index (κ3) is 3.97. The standard InChI is InChI=1S/C16H16ClNO3/c1-20-10-11-3-5-12(6-4-11)16(19)18-13-7-8-15(21-2)14(17)9-13/h3-9H,10H2,1-2H3,(H,18,19). The van der Waals surface area contributed by atoms with Crippen molar-refractivity contribution in [3.63, 3.8) is 0 Å². The molecule has 110 valence electrons. The van der Waals surface area contributed by atoms with Gasteiger partial charge in [-0.2, -0.15) is 0 Å². The predicted molar refractivity (Wildman–Crippen MR) is 83.1 cm³/mol. The summed E-state index contributed by atoms with van der Waals surface area (Å²) >= 11 is 6.02. The molecule has 5 heteroatoms. The summed E-state index contributed by atoms with van der Waals surface area (Å²) in [6, 6.07) is 12.3. The van der Waals surface area contributed by atoms with Crippen LogP contribution in [0, 0.1) is 0 Å². The molecular weight excluding hydrogens is 290 g/mol. The molecule has 0 saturated heterocycles. The maximum absolute atomic E-state index is 12.1. The monoisotopic (exact) mass is 305 g/mol. The largest absolute Gasteiger partial charge is 0.495 e. The molecular formula is C16H16ClNO3. The SMILES string of the molecule is COCc1ccc(C(=O)Nc2ccc(OC)c(Cl)c2)cc1. The first-order valence-corrected chi connectivity index (χ1v) is 6.74. The molecule has 4 nitrogen and oxygen atoms in total. The number of carbonyl (C=O) groups is 1. The summed E-state index contributed by atoms with van der Waals surface area (Å²) in [6.45, 7) is 0.524. The number of rotatable bonds is 5. The molecule has 0 aromatic heterocycles. The Hall–Kier alpha value is -2.04. The van der Waals surface area contributed by atoms with Crippen molar-refractivity contribution in [3.05, 3.63) is 58.6 Å². The summed E-state index contributed by atoms with van der Waals surface area (Å²) in [6.07, 6.45) is 0. The highest BCUT2D eigenvalue weighted by Crippen LogP contribution is 2.27. The van der Waals surface area contributed by atoms with Crippen molar-refractivity contribution < 1.29 is 14.3 Å². The van der Waals surface area contributed by atoms with Gasteiger partial charge in [0.15, 0.2) is 0 Å². The van der Waals surface area contributed by atoms with Crippen LogP contribution in [0.2, 0.25) is 5.02 Å². The second-order valence-electron chi connectivity index (χ2n) is 4.43. The van der Waals surface area contributed by atoms with Crippen molar-refractivity contribution in [2.24, 2.45) is 0 Å². The lowest BCUT2D eigenvalue weighted by atomic mass is 10.1. The van der Waals surface area contributed by atoms with Crippen LogP contribution in [-0.4, -0.2) is 20.1 Å². The third-order valence-corrected chi connectivity index (χ3v) is 3.23. The molecule has 2 aromatic rings. The second kappa shape index (κ2) is 7.11. The van der Waals surface area contributed by atoms with Gasteiger partial charge in [0.2, 0.25) is 0 Å². The van der Waals surface area contributed by atoms with Gasteiger partial charge in [-0.25, -0.2) is 0 Å². The average Bonchev–Trinajstić information content (AvgIpc) is 2.48. The van der Waals surface area contributed by atoms with Crippen LogP contribution in [0.15, 0.2) is 42.5 Å². The van der Waals surface area contributed by atoms with Gasteiger partial charge < -0.3 is 14.8 Å². The Labute approximate surface area is 128 Å². The molecule has 2 rings (SSSR count). The van der Waals surface area contributed by atoms with Gasteiger partial charge >= 0.3 is 0 Å². The van der Waals surface area contributed by atoms with Gasteiger partial charge in [0, 0.05) is 18.4 Å². The number of nitrogens with one attached hydrogen (secondary N) is 1. The fourth-order valence-electron chi connectivity index (χ4n) is 1.87. The molecule has 0 spiro atoms. The molecule has 0 unspecified atom stereocenters. The molecule has 21 heavy (non-hydrogen) atoms. The van der Waals surface area contributed by atoms with E-state index in [1.54, 1.807) is 44.6 Å². The Balaban J connectivity index is 2.08. The molecule has 1 amide bonds. The van der Waals surface area contributed by atoms with E-state index in [-0.39, 0.29) is 5.91 Å². The van der Waals surface area contributed by atoms with Gasteiger partial charge in [-0.05, 0) is 35.9 Å². The lowest BCUT2D eigenvalue weighted by Gasteiger charge is -2.08. The first-order chi connectivity index (χ1) is 10.1. The van der Waals surface area contributed by atoms with E-state index >= 15 is 0 Å². The maximum Gasteiger partial charge on any atom is 0.255 e. The number of hydrogen-bond acceptors (Lipinski definition) is 3. The van der Waals surface area contributed by atoms with Crippen molar-refractivity contribution in [2.45, 2.75) is 6.61 Å². The molecule has 1 N–H and O–H groups in total. The number of hydrogen-bond donors (Lipinski definition) is 1. The van der Waals surface area contributed by atoms with Crippen molar-refractivity contribution >= 4 is 23.2 Å². The Kier molecular flexibility index (Phi) is 5.20. The van der Waals surface area contributed by atoms with Crippen LogP contribution >= 0.6 is 11.6 Å². The van der Waals surface area contributed by atoms with E-state index in [9.17, 15) is 4.79 Å². The van der Waals surface area contributed by atoms with Gasteiger partial charge in [-0.3, -0.25) is 4.79 Å². The van der Waals surface area contributed by atoms with Crippen LogP contribution < -0.4 is 10.1 Å². The van der Waals surface area contributed by atoms with Crippen LogP contribution in [0.4, 0.5) is 5.69 Å². The Morgan fingerprint density at radius 1 is 1.14 bits per heavy atom. The molecule has 0 heterocycles. The van der Waals surface area contributed by atoms with Gasteiger partial charge in [-0.1, -0.05) is 23.7 Å². The van der Waals surface area contributed by atoms with E-state index in [1.807, 2.05) is 12.1 Å². The number of carbonyl (C=O) groups excluding carboxylic acids is 1. The molecule has 0 radical (unpaired) electrons. The summed E-state index contributed by atoms with van der Waals surface area (Å²) in [4.78, 5) is 12.1. The van der Waals surface area contributed by atoms with Gasteiger partial charge in [0.25, 0.3) is 5.91 Å². The van der Waals surface area contributed by atoms with Crippen LogP contribution in [0.25, 0.3) is 0 Å². The van der Waals surface area contributed by atoms with Crippen LogP contribution in [0.3, 0.4) is 0 Å². The number of ether oxygens (including phenoxy) is 2. The Morgan fingerprint density at radius 3 is 2.43 bits per heavy atom. The van der Waals surface area contributed by atoms with Crippen molar-refractivity contribution in [1.82, 2.24) is 0 Å². The molecule has 0 aliphatic heterocycles. The van der Waals surface area contributed by atoms with Crippen molar-refractivity contribution in [1.29, 1.82) is 0 Å². The zero-order valence-electron chi connectivity index (χ0n) is 11.9. The topological polar surface area (TPSA) is 47.6 Å². The minimum Gasteiger partial charge on any atom is -0.495 e. The number of amides is 1. The number of benzene rings is 2. The van der Waals surface area contributed by atoms with Crippen LogP contribution in [0.5, 0.6) is 5.75 Å². The van der Waals surface area contributed by atoms with Crippen LogP contribution in [-0.2, 0) is 11.3 Å². The highest BCUT2D eigenvalue weighted by atomic mass is 35.5. The van der Waals surface area contributed by atoms with Crippen molar-refractivity contribution in [3.8, 4) is 5.75 Å². The fraction of sp³-hybridized carbons (Fsp3) is 0.188. The third-order valence-electron chi connectivity index (χ3n) is 2.94. The molecule has 2 aromatic carbocycles. The lowest BCUT2D eigenvalue weighted by Crippen LogP contribution is -2.11. The summed E-state index contributed by atoms with van der Waals surface area (Å²) < 4.78 is 10.1. The smallest absolute Gasteiger partial charge is 0.255 e. The van der Waals surface area contributed by atoms with E-state index < -0.39 is 0 Å². The summed E-state index contributed by atoms with van der Waals surface area (Å²) in [5, 5.41) is 3.24. The zero-order chi connectivity index (χ0) is 15.2. The molecule has 0 bridgehead atoms.